The van der Waals surface area contributed by atoms with Crippen molar-refractivity contribution in [2.45, 2.75) is 6.42 Å². The fraction of sp³-hybridized carbons (Fsp3) is 0.250. The summed E-state index contributed by atoms with van der Waals surface area (Å²) in [7, 11) is 1.72. The van der Waals surface area contributed by atoms with Crippen LogP contribution in [0.25, 0.3) is 5.95 Å². The lowest BCUT2D eigenvalue weighted by atomic mass is 10.4. The molecule has 0 amide bonds. The van der Waals surface area contributed by atoms with Crippen LogP contribution < -0.4 is 22.3 Å². The molecule has 0 saturated carbocycles. The van der Waals surface area contributed by atoms with Gasteiger partial charge in [0.25, 0.3) is 11.9 Å². The van der Waals surface area contributed by atoms with Crippen molar-refractivity contribution in [3.8, 4) is 5.95 Å². The highest BCUT2D eigenvalue weighted by atomic mass is 15.5. The Hall–Kier alpha value is -3.42. The molecule has 0 aliphatic heterocycles. The monoisotopic (exact) mass is 304 g/mol. The van der Waals surface area contributed by atoms with E-state index in [4.69, 9.17) is 11.6 Å². The van der Waals surface area contributed by atoms with Crippen LogP contribution in [0.2, 0.25) is 0 Å². The number of nitrogens with one attached hydrogen (secondary N) is 3. The van der Waals surface area contributed by atoms with Crippen molar-refractivity contribution in [3.63, 3.8) is 0 Å². The van der Waals surface area contributed by atoms with Gasteiger partial charge in [-0.2, -0.15) is 14.6 Å². The molecule has 0 unspecified atom stereocenters. The van der Waals surface area contributed by atoms with Gasteiger partial charge in [-0.25, -0.2) is 5.84 Å². The van der Waals surface area contributed by atoms with Crippen LogP contribution in [0.15, 0.2) is 0 Å². The number of hydrogen-bond acceptors (Lipinski definition) is 12. The molecule has 0 radical (unpaired) electrons. The van der Waals surface area contributed by atoms with Crippen LogP contribution in [0.1, 0.15) is 11.6 Å². The minimum atomic E-state index is 0.0539. The number of nitrogens with two attached hydrogens (primary N) is 2. The number of hydrogen-bond donors (Lipinski definition) is 5. The van der Waals surface area contributed by atoms with E-state index >= 15 is 0 Å². The largest absolute Gasteiger partial charge is 0.368 e. The van der Waals surface area contributed by atoms with Gasteiger partial charge in [0.15, 0.2) is 5.82 Å². The van der Waals surface area contributed by atoms with Gasteiger partial charge >= 0.3 is 0 Å². The summed E-state index contributed by atoms with van der Waals surface area (Å²) in [4.78, 5) is 7.99. The Bertz CT molecular complexity index is 756. The highest BCUT2D eigenvalue weighted by molar-refractivity contribution is 5.34. The predicted octanol–water partition coefficient (Wildman–Crippen LogP) is -2.53. The Labute approximate surface area is 122 Å². The van der Waals surface area contributed by atoms with E-state index in [2.05, 4.69) is 56.4 Å². The molecule has 3 aromatic heterocycles. The fourth-order valence-electron chi connectivity index (χ4n) is 1.57. The van der Waals surface area contributed by atoms with Crippen LogP contribution in [-0.4, -0.2) is 57.4 Å². The zero-order valence-corrected chi connectivity index (χ0v) is 11.4. The lowest BCUT2D eigenvalue weighted by Gasteiger charge is -1.99. The minimum absolute atomic E-state index is 0.0539. The maximum absolute atomic E-state index is 5.66. The van der Waals surface area contributed by atoms with Crippen LogP contribution in [0.3, 0.4) is 0 Å². The molecule has 0 bridgehead atoms. The van der Waals surface area contributed by atoms with Gasteiger partial charge in [0.05, 0.1) is 6.42 Å². The minimum Gasteiger partial charge on any atom is -0.368 e. The molecule has 3 rings (SSSR count). The molecule has 14 nitrogen and oxygen atoms in total. The molecule has 14 heteroatoms. The number of aromatic nitrogens is 10. The molecule has 114 valence electrons. The lowest BCUT2D eigenvalue weighted by molar-refractivity contribution is 0.696. The quantitative estimate of drug-likeness (QED) is 0.244. The zero-order chi connectivity index (χ0) is 15.5. The highest BCUT2D eigenvalue weighted by Gasteiger charge is 2.12. The van der Waals surface area contributed by atoms with E-state index in [0.717, 1.165) is 4.68 Å². The van der Waals surface area contributed by atoms with Gasteiger partial charge in [0, 0.05) is 7.05 Å². The summed E-state index contributed by atoms with van der Waals surface area (Å²) >= 11 is 0. The number of anilines is 3. The van der Waals surface area contributed by atoms with Crippen molar-refractivity contribution in [1.82, 2.24) is 50.3 Å². The standard InChI is InChI=1S/C8H12N14/c1-11-6-12-3(15-18-6)2-4-16-19-8(20-17-4)22-5(9)13-7(14-10)21-22/h2,10H2,1H3,(H3,9,13,14,21)(H2,11,12,15,18). The third-order valence-electron chi connectivity index (χ3n) is 2.54. The topological polar surface area (TPSA) is 200 Å². The van der Waals surface area contributed by atoms with Gasteiger partial charge in [-0.3, -0.25) is 10.5 Å². The van der Waals surface area contributed by atoms with Crippen molar-refractivity contribution in [2.75, 3.05) is 23.5 Å². The first-order chi connectivity index (χ1) is 10.7. The van der Waals surface area contributed by atoms with Crippen LogP contribution in [-0.2, 0) is 6.42 Å². The van der Waals surface area contributed by atoms with Gasteiger partial charge in [-0.1, -0.05) is 0 Å². The van der Waals surface area contributed by atoms with Crippen LogP contribution >= 0.6 is 0 Å². The van der Waals surface area contributed by atoms with Crippen molar-refractivity contribution in [1.29, 1.82) is 0 Å². The first-order valence-corrected chi connectivity index (χ1v) is 6.04. The van der Waals surface area contributed by atoms with Crippen molar-refractivity contribution >= 4 is 17.8 Å². The Kier molecular flexibility index (Phi) is 3.40. The van der Waals surface area contributed by atoms with Gasteiger partial charge in [0.1, 0.15) is 5.82 Å². The molecule has 3 aromatic rings. The molecule has 0 fully saturated rings. The van der Waals surface area contributed by atoms with Gasteiger partial charge in [0.2, 0.25) is 11.9 Å². The van der Waals surface area contributed by atoms with Gasteiger partial charge in [-0.05, 0) is 0 Å². The molecule has 0 atom stereocenters. The number of rotatable bonds is 5. The molecular weight excluding hydrogens is 292 g/mol. The van der Waals surface area contributed by atoms with Crippen LogP contribution in [0.4, 0.5) is 17.8 Å². The van der Waals surface area contributed by atoms with E-state index in [1.165, 1.54) is 0 Å². The van der Waals surface area contributed by atoms with Crippen LogP contribution in [0, 0.1) is 0 Å². The molecule has 0 aliphatic rings. The van der Waals surface area contributed by atoms with Crippen molar-refractivity contribution < 1.29 is 0 Å². The number of hydrazine groups is 1. The molecule has 3 heterocycles. The maximum Gasteiger partial charge on any atom is 0.292 e. The Morgan fingerprint density at radius 3 is 2.50 bits per heavy atom. The molecule has 22 heavy (non-hydrogen) atoms. The molecular formula is C8H12N14. The Morgan fingerprint density at radius 2 is 1.91 bits per heavy atom. The first-order valence-electron chi connectivity index (χ1n) is 6.04. The SMILES string of the molecule is CNc1n[nH]c(Cc2nnc(-n3nc(NN)nc3N)nn2)n1. The normalized spacial score (nSPS) is 10.6. The molecule has 0 aromatic carbocycles. The number of nitrogen functional groups attached to an aromatic ring is 2. The molecule has 0 spiro atoms. The first kappa shape index (κ1) is 13.6. The average Bonchev–Trinajstić information content (AvgIpc) is 3.14. The van der Waals surface area contributed by atoms with Gasteiger partial charge in [-0.15, -0.1) is 30.6 Å². The predicted molar refractivity (Wildman–Crippen MR) is 73.5 cm³/mol. The summed E-state index contributed by atoms with van der Waals surface area (Å²) in [5.74, 6) is 6.87. The summed E-state index contributed by atoms with van der Waals surface area (Å²) in [6.07, 6.45) is 0.303. The molecule has 7 N–H and O–H groups in total. The maximum atomic E-state index is 5.66. The van der Waals surface area contributed by atoms with E-state index in [9.17, 15) is 0 Å². The Morgan fingerprint density at radius 1 is 1.14 bits per heavy atom. The number of aromatic amines is 1. The zero-order valence-electron chi connectivity index (χ0n) is 11.4. The third kappa shape index (κ3) is 2.57. The van der Waals surface area contributed by atoms with E-state index in [1.54, 1.807) is 7.05 Å². The van der Waals surface area contributed by atoms with E-state index in [0.29, 0.717) is 24.0 Å². The third-order valence-corrected chi connectivity index (χ3v) is 2.54. The number of H-pyrrole nitrogens is 1. The Balaban J connectivity index is 1.78. The van der Waals surface area contributed by atoms with E-state index in [-0.39, 0.29) is 17.8 Å². The fourth-order valence-corrected chi connectivity index (χ4v) is 1.57. The summed E-state index contributed by atoms with van der Waals surface area (Å²) < 4.78 is 1.16. The highest BCUT2D eigenvalue weighted by Crippen LogP contribution is 2.08. The van der Waals surface area contributed by atoms with Crippen LogP contribution in [0.5, 0.6) is 0 Å². The van der Waals surface area contributed by atoms with E-state index < -0.39 is 0 Å². The van der Waals surface area contributed by atoms with E-state index in [1.807, 2.05) is 0 Å². The second-order valence-corrected chi connectivity index (χ2v) is 4.00. The summed E-state index contributed by atoms with van der Waals surface area (Å²) in [5.41, 5.74) is 7.92. The summed E-state index contributed by atoms with van der Waals surface area (Å²) in [6.45, 7) is 0. The van der Waals surface area contributed by atoms with Gasteiger partial charge < -0.3 is 11.1 Å². The second kappa shape index (κ2) is 5.52. The molecule has 0 aliphatic carbocycles. The summed E-state index contributed by atoms with van der Waals surface area (Å²) in [6, 6.07) is 0. The second-order valence-electron chi connectivity index (χ2n) is 4.00. The van der Waals surface area contributed by atoms with Crippen molar-refractivity contribution in [3.05, 3.63) is 11.6 Å². The summed E-state index contributed by atoms with van der Waals surface area (Å²) in [5, 5.41) is 29.0. The average molecular weight is 304 g/mol. The number of nitrogens with zero attached hydrogens (tertiary/aromatic N) is 9. The molecule has 0 saturated heterocycles. The lowest BCUT2D eigenvalue weighted by Crippen LogP contribution is -2.12. The van der Waals surface area contributed by atoms with Crippen molar-refractivity contribution in [2.24, 2.45) is 5.84 Å². The smallest absolute Gasteiger partial charge is 0.292 e.